The van der Waals surface area contributed by atoms with E-state index in [2.05, 4.69) is 11.4 Å². The lowest BCUT2D eigenvalue weighted by atomic mass is 10.0. The standard InChI is InChI=1S/C25H53O5P/c1-2-3-4-5-6-7-8-9-10-11-14-17-20-23-29-24-21-18-15-12-13-16-19-22-25-30-31(26,27)28/h2-25H2,1H3,(H2,26,27,28). The van der Waals surface area contributed by atoms with Gasteiger partial charge in [0, 0.05) is 13.2 Å². The van der Waals surface area contributed by atoms with E-state index in [1.807, 2.05) is 0 Å². The molecule has 0 saturated heterocycles. The number of unbranched alkanes of at least 4 members (excludes halogenated alkanes) is 19. The van der Waals surface area contributed by atoms with Gasteiger partial charge >= 0.3 is 7.82 Å². The summed E-state index contributed by atoms with van der Waals surface area (Å²) < 4.78 is 20.7. The fourth-order valence-corrected chi connectivity index (χ4v) is 4.24. The Hall–Kier alpha value is 0.0700. The summed E-state index contributed by atoms with van der Waals surface area (Å²) in [6, 6.07) is 0. The fraction of sp³-hybridized carbons (Fsp3) is 1.00. The predicted molar refractivity (Wildman–Crippen MR) is 131 cm³/mol. The molecule has 6 heteroatoms. The van der Waals surface area contributed by atoms with Crippen molar-refractivity contribution in [2.45, 2.75) is 142 Å². The van der Waals surface area contributed by atoms with Crippen molar-refractivity contribution < 1.29 is 23.6 Å². The summed E-state index contributed by atoms with van der Waals surface area (Å²) in [5.41, 5.74) is 0. The van der Waals surface area contributed by atoms with Crippen LogP contribution in [0.15, 0.2) is 0 Å². The molecule has 0 amide bonds. The van der Waals surface area contributed by atoms with E-state index in [-0.39, 0.29) is 6.61 Å². The van der Waals surface area contributed by atoms with Crippen molar-refractivity contribution in [1.82, 2.24) is 0 Å². The van der Waals surface area contributed by atoms with Gasteiger partial charge in [-0.15, -0.1) is 0 Å². The van der Waals surface area contributed by atoms with Gasteiger partial charge in [0.25, 0.3) is 0 Å². The third-order valence-electron chi connectivity index (χ3n) is 5.83. The van der Waals surface area contributed by atoms with E-state index in [4.69, 9.17) is 14.5 Å². The molecule has 0 radical (unpaired) electrons. The Bertz CT molecular complexity index is 386. The first kappa shape index (κ1) is 31.1. The van der Waals surface area contributed by atoms with E-state index < -0.39 is 7.82 Å². The zero-order valence-electron chi connectivity index (χ0n) is 20.5. The van der Waals surface area contributed by atoms with Gasteiger partial charge < -0.3 is 14.5 Å². The Labute approximate surface area is 193 Å². The molecule has 0 aromatic rings. The topological polar surface area (TPSA) is 76.0 Å². The molecule has 0 unspecified atom stereocenters. The SMILES string of the molecule is CCCCCCCCCCCCCCCOCCCCCCCCCCOP(=O)(O)O. The van der Waals surface area contributed by atoms with Crippen molar-refractivity contribution in [3.05, 3.63) is 0 Å². The highest BCUT2D eigenvalue weighted by Gasteiger charge is 2.12. The van der Waals surface area contributed by atoms with Crippen LogP contribution in [-0.2, 0) is 13.8 Å². The lowest BCUT2D eigenvalue weighted by Crippen LogP contribution is -1.97. The second-order valence-electron chi connectivity index (χ2n) is 9.01. The summed E-state index contributed by atoms with van der Waals surface area (Å²) in [5.74, 6) is 0. The van der Waals surface area contributed by atoms with Gasteiger partial charge in [-0.2, -0.15) is 0 Å². The Balaban J connectivity index is 3.03. The Kier molecular flexibility index (Phi) is 24.8. The molecular weight excluding hydrogens is 411 g/mol. The molecule has 0 fully saturated rings. The van der Waals surface area contributed by atoms with Gasteiger partial charge in [-0.05, 0) is 19.3 Å². The number of ether oxygens (including phenoxy) is 1. The van der Waals surface area contributed by atoms with Gasteiger partial charge in [-0.1, -0.05) is 122 Å². The average Bonchev–Trinajstić information content (AvgIpc) is 2.73. The summed E-state index contributed by atoms with van der Waals surface area (Å²) >= 11 is 0. The quantitative estimate of drug-likeness (QED) is 0.0994. The van der Waals surface area contributed by atoms with Crippen molar-refractivity contribution in [2.24, 2.45) is 0 Å². The van der Waals surface area contributed by atoms with Crippen LogP contribution in [0, 0.1) is 0 Å². The molecule has 0 rings (SSSR count). The maximum absolute atomic E-state index is 10.5. The lowest BCUT2D eigenvalue weighted by molar-refractivity contribution is 0.125. The fourth-order valence-electron chi connectivity index (χ4n) is 3.87. The highest BCUT2D eigenvalue weighted by atomic mass is 31.2. The maximum atomic E-state index is 10.5. The molecule has 5 nitrogen and oxygen atoms in total. The summed E-state index contributed by atoms with van der Waals surface area (Å²) in [5, 5.41) is 0. The molecule has 0 aromatic carbocycles. The molecule has 0 atom stereocenters. The first-order valence-corrected chi connectivity index (χ1v) is 14.9. The highest BCUT2D eigenvalue weighted by Crippen LogP contribution is 2.35. The van der Waals surface area contributed by atoms with E-state index in [9.17, 15) is 4.57 Å². The normalized spacial score (nSPS) is 12.0. The predicted octanol–water partition coefficient (Wildman–Crippen LogP) is 8.32. The molecule has 0 bridgehead atoms. The van der Waals surface area contributed by atoms with Gasteiger partial charge in [-0.3, -0.25) is 4.52 Å². The molecule has 0 heterocycles. The van der Waals surface area contributed by atoms with Crippen LogP contribution in [0.3, 0.4) is 0 Å². The zero-order chi connectivity index (χ0) is 22.9. The smallest absolute Gasteiger partial charge is 0.381 e. The lowest BCUT2D eigenvalue weighted by Gasteiger charge is -2.06. The minimum Gasteiger partial charge on any atom is -0.381 e. The van der Waals surface area contributed by atoms with Crippen molar-refractivity contribution in [2.75, 3.05) is 19.8 Å². The molecule has 0 aliphatic carbocycles. The summed E-state index contributed by atoms with van der Waals surface area (Å²) in [7, 11) is -4.28. The van der Waals surface area contributed by atoms with Crippen molar-refractivity contribution >= 4 is 7.82 Å². The van der Waals surface area contributed by atoms with Crippen LogP contribution in [0.2, 0.25) is 0 Å². The monoisotopic (exact) mass is 464 g/mol. The third kappa shape index (κ3) is 30.1. The van der Waals surface area contributed by atoms with Gasteiger partial charge in [-0.25, -0.2) is 4.57 Å². The molecule has 0 spiro atoms. The molecular formula is C25H53O5P. The van der Waals surface area contributed by atoms with Crippen molar-refractivity contribution in [1.29, 1.82) is 0 Å². The molecule has 0 saturated carbocycles. The van der Waals surface area contributed by atoms with Crippen molar-refractivity contribution in [3.63, 3.8) is 0 Å². The van der Waals surface area contributed by atoms with Crippen LogP contribution in [0.25, 0.3) is 0 Å². The van der Waals surface area contributed by atoms with E-state index in [1.54, 1.807) is 0 Å². The second-order valence-corrected chi connectivity index (χ2v) is 10.2. The van der Waals surface area contributed by atoms with Crippen LogP contribution in [0.1, 0.15) is 142 Å². The third-order valence-corrected chi connectivity index (χ3v) is 6.35. The minimum absolute atomic E-state index is 0.154. The van der Waals surface area contributed by atoms with Crippen molar-refractivity contribution in [3.8, 4) is 0 Å². The first-order chi connectivity index (χ1) is 15.1. The largest absolute Gasteiger partial charge is 0.469 e. The number of phosphoric ester groups is 1. The van der Waals surface area contributed by atoms with Gasteiger partial charge in [0.15, 0.2) is 0 Å². The van der Waals surface area contributed by atoms with Gasteiger partial charge in [0.2, 0.25) is 0 Å². The molecule has 188 valence electrons. The van der Waals surface area contributed by atoms with Crippen LogP contribution < -0.4 is 0 Å². The van der Waals surface area contributed by atoms with Crippen LogP contribution in [0.4, 0.5) is 0 Å². The summed E-state index contributed by atoms with van der Waals surface area (Å²) in [6.45, 7) is 4.26. The Morgan fingerprint density at radius 2 is 0.774 bits per heavy atom. The average molecular weight is 465 g/mol. The van der Waals surface area contributed by atoms with Gasteiger partial charge in [0.1, 0.15) is 0 Å². The summed E-state index contributed by atoms with van der Waals surface area (Å²) in [6.07, 6.45) is 27.0. The molecule has 0 aromatic heterocycles. The number of hydrogen-bond donors (Lipinski definition) is 2. The Morgan fingerprint density at radius 3 is 1.10 bits per heavy atom. The second kappa shape index (κ2) is 24.7. The van der Waals surface area contributed by atoms with E-state index in [1.165, 1.54) is 109 Å². The molecule has 0 aliphatic rings. The maximum Gasteiger partial charge on any atom is 0.469 e. The molecule has 2 N–H and O–H groups in total. The number of phosphoric acid groups is 1. The zero-order valence-corrected chi connectivity index (χ0v) is 21.4. The van der Waals surface area contributed by atoms with Crippen LogP contribution in [-0.4, -0.2) is 29.6 Å². The Morgan fingerprint density at radius 1 is 0.484 bits per heavy atom. The summed E-state index contributed by atoms with van der Waals surface area (Å²) in [4.78, 5) is 17.2. The van der Waals surface area contributed by atoms with Crippen LogP contribution >= 0.6 is 7.82 Å². The first-order valence-electron chi connectivity index (χ1n) is 13.3. The highest BCUT2D eigenvalue weighted by molar-refractivity contribution is 7.46. The van der Waals surface area contributed by atoms with Gasteiger partial charge in [0.05, 0.1) is 6.61 Å². The number of hydrogen-bond acceptors (Lipinski definition) is 3. The van der Waals surface area contributed by atoms with E-state index in [0.717, 1.165) is 38.9 Å². The molecule has 31 heavy (non-hydrogen) atoms. The minimum atomic E-state index is -4.28. The van der Waals surface area contributed by atoms with Crippen LogP contribution in [0.5, 0.6) is 0 Å². The van der Waals surface area contributed by atoms with E-state index in [0.29, 0.717) is 0 Å². The molecule has 0 aliphatic heterocycles. The number of rotatable bonds is 26. The van der Waals surface area contributed by atoms with E-state index >= 15 is 0 Å².